The van der Waals surface area contributed by atoms with Crippen LogP contribution in [0.3, 0.4) is 0 Å². The number of thioether (sulfide) groups is 1. The van der Waals surface area contributed by atoms with E-state index in [9.17, 15) is 0 Å². The molecule has 2 nitrogen and oxygen atoms in total. The molecule has 0 atom stereocenters. The first kappa shape index (κ1) is 14.5. The van der Waals surface area contributed by atoms with Crippen molar-refractivity contribution in [3.05, 3.63) is 51.3 Å². The molecule has 0 unspecified atom stereocenters. The van der Waals surface area contributed by atoms with Gasteiger partial charge in [0.15, 0.2) is 0 Å². The second-order valence-electron chi connectivity index (χ2n) is 4.33. The number of hydrogen-bond donors (Lipinski definition) is 1. The van der Waals surface area contributed by atoms with Gasteiger partial charge in [0.05, 0.1) is 0 Å². The molecule has 0 aliphatic rings. The molecule has 5 heteroatoms. The molecule has 2 N–H and O–H groups in total. The molecule has 2 rings (SSSR count). The average Bonchev–Trinajstić information content (AvgIpc) is 2.32. The lowest BCUT2D eigenvalue weighted by Gasteiger charge is -2.09. The minimum atomic E-state index is 0.471. The van der Waals surface area contributed by atoms with Gasteiger partial charge in [-0.3, -0.25) is 0 Å². The predicted octanol–water partition coefficient (Wildman–Crippen LogP) is 4.88. The number of anilines is 1. The van der Waals surface area contributed by atoms with Gasteiger partial charge in [-0.05, 0) is 37.6 Å². The number of aryl methyl sites for hydroxylation is 2. The predicted molar refractivity (Wildman–Crippen MR) is 84.1 cm³/mol. The first-order valence-electron chi connectivity index (χ1n) is 5.78. The summed E-state index contributed by atoms with van der Waals surface area (Å²) in [6, 6.07) is 7.69. The van der Waals surface area contributed by atoms with Crippen LogP contribution in [0.5, 0.6) is 0 Å². The standard InChI is InChI=1S/C14H14Cl2N2S/c1-8-3-4-10(17)6-13(8)19-7-11-12(15)5-9(2)18-14(11)16/h3-6H,7,17H2,1-2H3. The van der Waals surface area contributed by atoms with Crippen LogP contribution in [0.1, 0.15) is 16.8 Å². The topological polar surface area (TPSA) is 38.9 Å². The van der Waals surface area contributed by atoms with Crippen LogP contribution in [0.25, 0.3) is 0 Å². The quantitative estimate of drug-likeness (QED) is 0.498. The zero-order valence-corrected chi connectivity index (χ0v) is 13.0. The Kier molecular flexibility index (Phi) is 4.61. The van der Waals surface area contributed by atoms with Crippen molar-refractivity contribution in [3.63, 3.8) is 0 Å². The van der Waals surface area contributed by atoms with Crippen molar-refractivity contribution in [2.45, 2.75) is 24.5 Å². The molecule has 0 aliphatic heterocycles. The Morgan fingerprint density at radius 2 is 1.95 bits per heavy atom. The summed E-state index contributed by atoms with van der Waals surface area (Å²) in [7, 11) is 0. The second kappa shape index (κ2) is 6.04. The van der Waals surface area contributed by atoms with Crippen molar-refractivity contribution in [1.82, 2.24) is 4.98 Å². The summed E-state index contributed by atoms with van der Waals surface area (Å²) in [4.78, 5) is 5.36. The number of aromatic nitrogens is 1. The molecule has 0 radical (unpaired) electrons. The summed E-state index contributed by atoms with van der Waals surface area (Å²) >= 11 is 14.0. The van der Waals surface area contributed by atoms with Gasteiger partial charge in [0.2, 0.25) is 0 Å². The van der Waals surface area contributed by atoms with Crippen molar-refractivity contribution >= 4 is 40.7 Å². The molecule has 0 amide bonds. The molecule has 0 bridgehead atoms. The van der Waals surface area contributed by atoms with E-state index in [1.807, 2.05) is 31.2 Å². The van der Waals surface area contributed by atoms with Gasteiger partial charge in [0, 0.05) is 32.6 Å². The van der Waals surface area contributed by atoms with Crippen molar-refractivity contribution < 1.29 is 0 Å². The van der Waals surface area contributed by atoms with Crippen molar-refractivity contribution in [2.24, 2.45) is 0 Å². The fourth-order valence-electron chi connectivity index (χ4n) is 1.67. The van der Waals surface area contributed by atoms with Crippen molar-refractivity contribution in [1.29, 1.82) is 0 Å². The average molecular weight is 313 g/mol. The van der Waals surface area contributed by atoms with Crippen LogP contribution >= 0.6 is 35.0 Å². The van der Waals surface area contributed by atoms with E-state index < -0.39 is 0 Å². The van der Waals surface area contributed by atoms with E-state index in [-0.39, 0.29) is 0 Å². The van der Waals surface area contributed by atoms with Crippen LogP contribution in [-0.2, 0) is 5.75 Å². The number of halogens is 2. The van der Waals surface area contributed by atoms with Crippen molar-refractivity contribution in [3.8, 4) is 0 Å². The highest BCUT2D eigenvalue weighted by Gasteiger charge is 2.10. The van der Waals surface area contributed by atoms with Crippen LogP contribution in [0.2, 0.25) is 10.2 Å². The minimum absolute atomic E-state index is 0.471. The molecule has 1 aromatic heterocycles. The summed E-state index contributed by atoms with van der Waals surface area (Å²) in [5.74, 6) is 0.676. The molecule has 100 valence electrons. The lowest BCUT2D eigenvalue weighted by molar-refractivity contribution is 1.16. The second-order valence-corrected chi connectivity index (χ2v) is 6.11. The molecule has 1 heterocycles. The van der Waals surface area contributed by atoms with E-state index in [1.165, 1.54) is 5.56 Å². The monoisotopic (exact) mass is 312 g/mol. The van der Waals surface area contributed by atoms with Crippen LogP contribution in [0.4, 0.5) is 5.69 Å². The molecular weight excluding hydrogens is 299 g/mol. The van der Waals surface area contributed by atoms with Gasteiger partial charge in [-0.2, -0.15) is 0 Å². The van der Waals surface area contributed by atoms with E-state index in [4.69, 9.17) is 28.9 Å². The molecule has 0 fully saturated rings. The van der Waals surface area contributed by atoms with E-state index in [1.54, 1.807) is 11.8 Å². The van der Waals surface area contributed by atoms with Gasteiger partial charge in [-0.25, -0.2) is 4.98 Å². The van der Waals surface area contributed by atoms with Crippen LogP contribution in [-0.4, -0.2) is 4.98 Å². The summed E-state index contributed by atoms with van der Waals surface area (Å²) in [5.41, 5.74) is 9.43. The number of nitrogen functional groups attached to an aromatic ring is 1. The lowest BCUT2D eigenvalue weighted by atomic mass is 10.2. The Bertz CT molecular complexity index is 591. The van der Waals surface area contributed by atoms with Gasteiger partial charge in [-0.1, -0.05) is 29.3 Å². The van der Waals surface area contributed by atoms with Crippen LogP contribution in [0.15, 0.2) is 29.2 Å². The zero-order chi connectivity index (χ0) is 14.0. The lowest BCUT2D eigenvalue weighted by Crippen LogP contribution is -1.92. The number of rotatable bonds is 3. The summed E-state index contributed by atoms with van der Waals surface area (Å²) in [6.07, 6.45) is 0. The minimum Gasteiger partial charge on any atom is -0.399 e. The van der Waals surface area contributed by atoms with Gasteiger partial charge >= 0.3 is 0 Å². The first-order valence-corrected chi connectivity index (χ1v) is 7.52. The maximum atomic E-state index is 6.21. The Morgan fingerprint density at radius 1 is 1.21 bits per heavy atom. The van der Waals surface area contributed by atoms with Crippen LogP contribution < -0.4 is 5.73 Å². The van der Waals surface area contributed by atoms with E-state index in [0.717, 1.165) is 21.8 Å². The third-order valence-corrected chi connectivity index (χ3v) is 4.57. The SMILES string of the molecule is Cc1cc(Cl)c(CSc2cc(N)ccc2C)c(Cl)n1. The van der Waals surface area contributed by atoms with Crippen LogP contribution in [0, 0.1) is 13.8 Å². The molecule has 0 saturated carbocycles. The summed E-state index contributed by atoms with van der Waals surface area (Å²) in [6.45, 7) is 3.93. The zero-order valence-electron chi connectivity index (χ0n) is 10.7. The fraction of sp³-hybridized carbons (Fsp3) is 0.214. The maximum Gasteiger partial charge on any atom is 0.134 e. The molecule has 0 aliphatic carbocycles. The highest BCUT2D eigenvalue weighted by molar-refractivity contribution is 7.98. The highest BCUT2D eigenvalue weighted by atomic mass is 35.5. The van der Waals surface area contributed by atoms with Crippen molar-refractivity contribution in [2.75, 3.05) is 5.73 Å². The number of hydrogen-bond acceptors (Lipinski definition) is 3. The Labute approximate surface area is 127 Å². The van der Waals surface area contributed by atoms with Gasteiger partial charge in [-0.15, -0.1) is 11.8 Å². The number of nitrogens with two attached hydrogens (primary N) is 1. The molecule has 1 aromatic carbocycles. The Morgan fingerprint density at radius 3 is 2.63 bits per heavy atom. The summed E-state index contributed by atoms with van der Waals surface area (Å²) in [5, 5.41) is 1.13. The number of nitrogens with zero attached hydrogens (tertiary/aromatic N) is 1. The first-order chi connectivity index (χ1) is 8.97. The van der Waals surface area contributed by atoms with E-state index in [2.05, 4.69) is 11.9 Å². The molecular formula is C14H14Cl2N2S. The third-order valence-electron chi connectivity index (χ3n) is 2.73. The third kappa shape index (κ3) is 3.56. The molecule has 0 spiro atoms. The highest BCUT2D eigenvalue weighted by Crippen LogP contribution is 2.33. The molecule has 0 saturated heterocycles. The maximum absolute atomic E-state index is 6.21. The largest absolute Gasteiger partial charge is 0.399 e. The van der Waals surface area contributed by atoms with E-state index >= 15 is 0 Å². The Balaban J connectivity index is 2.21. The number of pyridine rings is 1. The Hall–Kier alpha value is -0.900. The van der Waals surface area contributed by atoms with Gasteiger partial charge in [0.25, 0.3) is 0 Å². The molecule has 2 aromatic rings. The van der Waals surface area contributed by atoms with Gasteiger partial charge < -0.3 is 5.73 Å². The molecule has 19 heavy (non-hydrogen) atoms. The van der Waals surface area contributed by atoms with E-state index in [0.29, 0.717) is 15.9 Å². The fourth-order valence-corrected chi connectivity index (χ4v) is 3.60. The van der Waals surface area contributed by atoms with Gasteiger partial charge in [0.1, 0.15) is 5.15 Å². The summed E-state index contributed by atoms with van der Waals surface area (Å²) < 4.78 is 0. The normalized spacial score (nSPS) is 10.7. The number of benzene rings is 1. The smallest absolute Gasteiger partial charge is 0.134 e.